The van der Waals surface area contributed by atoms with Crippen molar-refractivity contribution in [2.75, 3.05) is 13.7 Å². The number of rotatable bonds is 13. The summed E-state index contributed by atoms with van der Waals surface area (Å²) in [5.74, 6) is 0.793. The van der Waals surface area contributed by atoms with Crippen molar-refractivity contribution < 1.29 is 13.6 Å². The van der Waals surface area contributed by atoms with Crippen molar-refractivity contribution in [1.82, 2.24) is 0 Å². The predicted molar refractivity (Wildman–Crippen MR) is 89.6 cm³/mol. The zero-order valence-corrected chi connectivity index (χ0v) is 14.3. The van der Waals surface area contributed by atoms with Crippen molar-refractivity contribution in [3.63, 3.8) is 0 Å². The van der Waals surface area contributed by atoms with Gasteiger partial charge in [-0.2, -0.15) is 0 Å². The van der Waals surface area contributed by atoms with E-state index in [9.17, 15) is 0 Å². The Kier molecular flexibility index (Phi) is 11.5. The molecule has 120 valence electrons. The average molecular weight is 312 g/mol. The number of unbranched alkanes of at least 4 members (excludes halogenated alkanes) is 7. The van der Waals surface area contributed by atoms with Crippen molar-refractivity contribution in [3.05, 3.63) is 30.3 Å². The highest BCUT2D eigenvalue weighted by Gasteiger charge is 2.11. The molecule has 0 saturated heterocycles. The first-order valence-electron chi connectivity index (χ1n) is 8.07. The van der Waals surface area contributed by atoms with Crippen molar-refractivity contribution in [3.8, 4) is 5.75 Å². The summed E-state index contributed by atoms with van der Waals surface area (Å²) in [6.45, 7) is 2.96. The van der Waals surface area contributed by atoms with E-state index in [2.05, 4.69) is 6.92 Å². The molecule has 0 spiro atoms. The third kappa shape index (κ3) is 9.84. The van der Waals surface area contributed by atoms with Gasteiger partial charge >= 0.3 is 8.60 Å². The van der Waals surface area contributed by atoms with E-state index >= 15 is 0 Å². The predicted octanol–water partition coefficient (Wildman–Crippen LogP) is 6.10. The number of hydrogen-bond acceptors (Lipinski definition) is 3. The molecule has 1 unspecified atom stereocenters. The van der Waals surface area contributed by atoms with Crippen LogP contribution in [-0.2, 0) is 9.05 Å². The molecule has 4 heteroatoms. The summed E-state index contributed by atoms with van der Waals surface area (Å²) in [6.07, 6.45) is 10.4. The Morgan fingerprint density at radius 2 is 1.48 bits per heavy atom. The minimum atomic E-state index is -1.27. The van der Waals surface area contributed by atoms with Crippen molar-refractivity contribution in [2.24, 2.45) is 0 Å². The summed E-state index contributed by atoms with van der Waals surface area (Å²) in [5.41, 5.74) is 0. The number of benzene rings is 1. The zero-order valence-electron chi connectivity index (χ0n) is 13.4. The summed E-state index contributed by atoms with van der Waals surface area (Å²) in [4.78, 5) is 0. The van der Waals surface area contributed by atoms with Gasteiger partial charge in [-0.05, 0) is 18.6 Å². The van der Waals surface area contributed by atoms with E-state index < -0.39 is 8.60 Å². The molecule has 0 aliphatic rings. The Morgan fingerprint density at radius 1 is 0.857 bits per heavy atom. The summed E-state index contributed by atoms with van der Waals surface area (Å²) in [7, 11) is 0.360. The fourth-order valence-corrected chi connectivity index (χ4v) is 2.86. The second-order valence-electron chi connectivity index (χ2n) is 5.12. The van der Waals surface area contributed by atoms with E-state index in [1.807, 2.05) is 30.3 Å². The van der Waals surface area contributed by atoms with Crippen LogP contribution in [0, 0.1) is 0 Å². The molecule has 1 rings (SSSR count). The molecule has 3 nitrogen and oxygen atoms in total. The lowest BCUT2D eigenvalue weighted by molar-refractivity contribution is 0.229. The number of para-hydroxylation sites is 1. The lowest BCUT2D eigenvalue weighted by Crippen LogP contribution is -1.97. The van der Waals surface area contributed by atoms with Gasteiger partial charge in [0.05, 0.1) is 6.61 Å². The maximum atomic E-state index is 5.66. The van der Waals surface area contributed by atoms with Gasteiger partial charge in [0, 0.05) is 7.11 Å². The van der Waals surface area contributed by atoms with Crippen LogP contribution in [0.3, 0.4) is 0 Å². The topological polar surface area (TPSA) is 27.7 Å². The second kappa shape index (κ2) is 13.1. The van der Waals surface area contributed by atoms with Gasteiger partial charge in [-0.1, -0.05) is 70.1 Å². The van der Waals surface area contributed by atoms with Gasteiger partial charge < -0.3 is 13.6 Å². The van der Waals surface area contributed by atoms with Crippen LogP contribution >= 0.6 is 8.60 Å². The van der Waals surface area contributed by atoms with E-state index in [1.54, 1.807) is 7.11 Å². The van der Waals surface area contributed by atoms with E-state index in [0.717, 1.165) is 12.2 Å². The molecule has 1 aromatic rings. The third-order valence-corrected chi connectivity index (χ3v) is 4.32. The lowest BCUT2D eigenvalue weighted by Gasteiger charge is -2.14. The van der Waals surface area contributed by atoms with E-state index in [1.165, 1.54) is 44.9 Å². The summed E-state index contributed by atoms with van der Waals surface area (Å²) >= 11 is 0. The van der Waals surface area contributed by atoms with Crippen LogP contribution in [0.15, 0.2) is 30.3 Å². The van der Waals surface area contributed by atoms with Crippen LogP contribution in [0.25, 0.3) is 0 Å². The van der Waals surface area contributed by atoms with Gasteiger partial charge in [0.2, 0.25) is 0 Å². The minimum Gasteiger partial charge on any atom is -0.427 e. The highest BCUT2D eigenvalue weighted by atomic mass is 31.2. The monoisotopic (exact) mass is 312 g/mol. The van der Waals surface area contributed by atoms with Crippen molar-refractivity contribution in [1.29, 1.82) is 0 Å². The molecular formula is C17H29O3P. The molecule has 0 heterocycles. The van der Waals surface area contributed by atoms with Crippen LogP contribution in [0.1, 0.15) is 58.3 Å². The average Bonchev–Trinajstić information content (AvgIpc) is 2.53. The van der Waals surface area contributed by atoms with Gasteiger partial charge in [-0.25, -0.2) is 0 Å². The van der Waals surface area contributed by atoms with E-state index in [0.29, 0.717) is 6.61 Å². The maximum Gasteiger partial charge on any atom is 0.396 e. The van der Waals surface area contributed by atoms with Crippen molar-refractivity contribution in [2.45, 2.75) is 58.3 Å². The van der Waals surface area contributed by atoms with Crippen LogP contribution in [0.4, 0.5) is 0 Å². The molecule has 0 fully saturated rings. The largest absolute Gasteiger partial charge is 0.427 e. The highest BCUT2D eigenvalue weighted by Crippen LogP contribution is 2.39. The SMILES string of the molecule is CCCCCCCCCCOP(OC)Oc1ccccc1. The third-order valence-electron chi connectivity index (χ3n) is 3.27. The fourth-order valence-electron chi connectivity index (χ4n) is 2.06. The van der Waals surface area contributed by atoms with E-state index in [4.69, 9.17) is 13.6 Å². The summed E-state index contributed by atoms with van der Waals surface area (Å²) in [5, 5.41) is 0. The first kappa shape index (κ1) is 18.4. The maximum absolute atomic E-state index is 5.66. The van der Waals surface area contributed by atoms with Gasteiger partial charge in [-0.15, -0.1) is 0 Å². The fraction of sp³-hybridized carbons (Fsp3) is 0.647. The smallest absolute Gasteiger partial charge is 0.396 e. The van der Waals surface area contributed by atoms with E-state index in [-0.39, 0.29) is 0 Å². The number of hydrogen-bond donors (Lipinski definition) is 0. The second-order valence-corrected chi connectivity index (χ2v) is 6.37. The zero-order chi connectivity index (χ0) is 15.2. The normalized spacial score (nSPS) is 12.3. The first-order valence-corrected chi connectivity index (χ1v) is 9.16. The van der Waals surface area contributed by atoms with Crippen LogP contribution < -0.4 is 4.52 Å². The Morgan fingerprint density at radius 3 is 2.10 bits per heavy atom. The summed E-state index contributed by atoms with van der Waals surface area (Å²) in [6, 6.07) is 9.67. The Hall–Kier alpha value is -0.630. The minimum absolute atomic E-state index is 0.710. The molecule has 0 N–H and O–H groups in total. The lowest BCUT2D eigenvalue weighted by atomic mass is 10.1. The molecule has 0 aliphatic heterocycles. The molecule has 0 radical (unpaired) electrons. The Bertz CT molecular complexity index is 332. The van der Waals surface area contributed by atoms with Crippen LogP contribution in [-0.4, -0.2) is 13.7 Å². The molecule has 0 bridgehead atoms. The quantitative estimate of drug-likeness (QED) is 0.325. The Balaban J connectivity index is 2.00. The molecule has 0 aliphatic carbocycles. The molecule has 0 aromatic heterocycles. The standard InChI is InChI=1S/C17H29O3P/c1-3-4-5-6-7-8-9-13-16-19-21(18-2)20-17-14-11-10-12-15-17/h10-12,14-15H,3-9,13,16H2,1-2H3. The van der Waals surface area contributed by atoms with Gasteiger partial charge in [0.1, 0.15) is 5.75 Å². The molecular weight excluding hydrogens is 283 g/mol. The first-order chi connectivity index (χ1) is 10.4. The van der Waals surface area contributed by atoms with Gasteiger partial charge in [-0.3, -0.25) is 0 Å². The summed E-state index contributed by atoms with van der Waals surface area (Å²) < 4.78 is 16.6. The van der Waals surface area contributed by atoms with Gasteiger partial charge in [0.25, 0.3) is 0 Å². The Labute approximate surface area is 131 Å². The molecule has 0 saturated carbocycles. The van der Waals surface area contributed by atoms with Gasteiger partial charge in [0.15, 0.2) is 0 Å². The molecule has 21 heavy (non-hydrogen) atoms. The van der Waals surface area contributed by atoms with Crippen LogP contribution in [0.2, 0.25) is 0 Å². The molecule has 1 aromatic carbocycles. The molecule has 1 atom stereocenters. The van der Waals surface area contributed by atoms with Crippen molar-refractivity contribution >= 4 is 8.60 Å². The van der Waals surface area contributed by atoms with Crippen LogP contribution in [0.5, 0.6) is 5.75 Å². The molecule has 0 amide bonds. The highest BCUT2D eigenvalue weighted by molar-refractivity contribution is 7.42.